The van der Waals surface area contributed by atoms with Gasteiger partial charge in [-0.25, -0.2) is 0 Å². The van der Waals surface area contributed by atoms with Crippen LogP contribution < -0.4 is 0 Å². The lowest BCUT2D eigenvalue weighted by Gasteiger charge is -2.43. The van der Waals surface area contributed by atoms with Gasteiger partial charge in [0, 0.05) is 30.6 Å². The summed E-state index contributed by atoms with van der Waals surface area (Å²) >= 11 is 0. The van der Waals surface area contributed by atoms with E-state index in [2.05, 4.69) is 23.9 Å². The van der Waals surface area contributed by atoms with Crippen molar-refractivity contribution in [3.05, 3.63) is 24.2 Å². The average molecular weight is 252 g/mol. The Morgan fingerprint density at radius 2 is 2.33 bits per heavy atom. The van der Waals surface area contributed by atoms with Gasteiger partial charge in [-0.05, 0) is 39.5 Å². The van der Waals surface area contributed by atoms with Crippen LogP contribution >= 0.6 is 0 Å². The number of rotatable bonds is 5. The van der Waals surface area contributed by atoms with E-state index in [0.29, 0.717) is 0 Å². The van der Waals surface area contributed by atoms with Gasteiger partial charge in [0.05, 0.1) is 19.1 Å². The van der Waals surface area contributed by atoms with E-state index in [1.165, 1.54) is 5.56 Å². The van der Waals surface area contributed by atoms with Gasteiger partial charge in [-0.3, -0.25) is 4.90 Å². The van der Waals surface area contributed by atoms with Crippen molar-refractivity contribution in [1.82, 2.24) is 9.80 Å². The molecule has 0 bridgehead atoms. The van der Waals surface area contributed by atoms with E-state index >= 15 is 0 Å². The maximum atomic E-state index is 9.76. The lowest BCUT2D eigenvalue weighted by atomic mass is 9.80. The average Bonchev–Trinajstić information content (AvgIpc) is 2.81. The highest BCUT2D eigenvalue weighted by molar-refractivity contribution is 5.05. The van der Waals surface area contributed by atoms with Crippen LogP contribution in [0, 0.1) is 5.41 Å². The molecule has 2 heterocycles. The van der Waals surface area contributed by atoms with Gasteiger partial charge >= 0.3 is 0 Å². The number of aliphatic hydroxyl groups excluding tert-OH is 1. The highest BCUT2D eigenvalue weighted by Gasteiger charge is 2.35. The Balaban J connectivity index is 1.98. The van der Waals surface area contributed by atoms with E-state index in [0.717, 1.165) is 39.0 Å². The van der Waals surface area contributed by atoms with E-state index in [4.69, 9.17) is 4.42 Å². The van der Waals surface area contributed by atoms with Crippen LogP contribution in [0.2, 0.25) is 0 Å². The maximum Gasteiger partial charge on any atom is 0.0947 e. The SMILES string of the molecule is CN(C)CC1(CO)CCCN(Cc2ccoc2)C1. The maximum absolute atomic E-state index is 9.76. The second kappa shape index (κ2) is 5.87. The van der Waals surface area contributed by atoms with Crippen LogP contribution in [0.25, 0.3) is 0 Å². The Labute approximate surface area is 109 Å². The molecule has 0 spiro atoms. The van der Waals surface area contributed by atoms with Gasteiger partial charge in [0.15, 0.2) is 0 Å². The normalized spacial score (nSPS) is 25.8. The molecule has 0 saturated carbocycles. The fourth-order valence-corrected chi connectivity index (χ4v) is 3.06. The van der Waals surface area contributed by atoms with Crippen molar-refractivity contribution in [3.8, 4) is 0 Å². The molecule has 1 aromatic rings. The summed E-state index contributed by atoms with van der Waals surface area (Å²) < 4.78 is 5.11. The molecule has 1 unspecified atom stereocenters. The summed E-state index contributed by atoms with van der Waals surface area (Å²) in [6.45, 7) is 4.22. The van der Waals surface area contributed by atoms with Gasteiger partial charge in [-0.2, -0.15) is 0 Å². The number of nitrogens with zero attached hydrogens (tertiary/aromatic N) is 2. The Morgan fingerprint density at radius 1 is 1.50 bits per heavy atom. The molecule has 4 heteroatoms. The molecular formula is C14H24N2O2. The summed E-state index contributed by atoms with van der Waals surface area (Å²) in [4.78, 5) is 4.60. The molecule has 4 nitrogen and oxygen atoms in total. The van der Waals surface area contributed by atoms with Gasteiger partial charge in [0.25, 0.3) is 0 Å². The van der Waals surface area contributed by atoms with Crippen molar-refractivity contribution in [2.75, 3.05) is 40.3 Å². The van der Waals surface area contributed by atoms with Crippen molar-refractivity contribution >= 4 is 0 Å². The Bertz CT molecular complexity index is 351. The van der Waals surface area contributed by atoms with E-state index in [1.807, 2.05) is 6.07 Å². The molecule has 0 aromatic carbocycles. The zero-order chi connectivity index (χ0) is 13.0. The highest BCUT2D eigenvalue weighted by atomic mass is 16.3. The minimum absolute atomic E-state index is 0.0332. The van der Waals surface area contributed by atoms with Crippen LogP contribution in [0.3, 0.4) is 0 Å². The number of hydrogen-bond donors (Lipinski definition) is 1. The minimum atomic E-state index is 0.0332. The zero-order valence-corrected chi connectivity index (χ0v) is 11.4. The van der Waals surface area contributed by atoms with Gasteiger partial charge < -0.3 is 14.4 Å². The third-order valence-electron chi connectivity index (χ3n) is 3.71. The Kier molecular flexibility index (Phi) is 4.43. The van der Waals surface area contributed by atoms with Crippen LogP contribution in [-0.2, 0) is 6.54 Å². The van der Waals surface area contributed by atoms with Crippen LogP contribution in [0.15, 0.2) is 23.0 Å². The number of hydrogen-bond acceptors (Lipinski definition) is 4. The van der Waals surface area contributed by atoms with Crippen molar-refractivity contribution < 1.29 is 9.52 Å². The Morgan fingerprint density at radius 3 is 2.94 bits per heavy atom. The summed E-state index contributed by atoms with van der Waals surface area (Å²) in [6.07, 6.45) is 5.80. The monoisotopic (exact) mass is 252 g/mol. The zero-order valence-electron chi connectivity index (χ0n) is 11.4. The van der Waals surface area contributed by atoms with Crippen molar-refractivity contribution in [2.24, 2.45) is 5.41 Å². The lowest BCUT2D eigenvalue weighted by molar-refractivity contribution is 0.0105. The molecule has 0 amide bonds. The first-order valence-corrected chi connectivity index (χ1v) is 6.63. The first-order chi connectivity index (χ1) is 8.63. The fraction of sp³-hybridized carbons (Fsp3) is 0.714. The molecule has 102 valence electrons. The molecule has 2 rings (SSSR count). The minimum Gasteiger partial charge on any atom is -0.472 e. The smallest absolute Gasteiger partial charge is 0.0947 e. The first kappa shape index (κ1) is 13.6. The largest absolute Gasteiger partial charge is 0.472 e. The van der Waals surface area contributed by atoms with Gasteiger partial charge in [-0.15, -0.1) is 0 Å². The topological polar surface area (TPSA) is 39.9 Å². The standard InChI is InChI=1S/C14H24N2O2/c1-15(2)10-14(12-17)5-3-6-16(11-14)8-13-4-7-18-9-13/h4,7,9,17H,3,5-6,8,10-12H2,1-2H3. The molecular weight excluding hydrogens is 228 g/mol. The van der Waals surface area contributed by atoms with Crippen LogP contribution in [0.5, 0.6) is 0 Å². The van der Waals surface area contributed by atoms with Crippen molar-refractivity contribution in [2.45, 2.75) is 19.4 Å². The molecule has 0 radical (unpaired) electrons. The summed E-state index contributed by atoms with van der Waals surface area (Å²) in [6, 6.07) is 2.02. The second-order valence-electron chi connectivity index (χ2n) is 5.84. The number of likely N-dealkylation sites (tertiary alicyclic amines) is 1. The van der Waals surface area contributed by atoms with Crippen LogP contribution in [-0.4, -0.2) is 55.2 Å². The van der Waals surface area contributed by atoms with Gasteiger partial charge in [-0.1, -0.05) is 0 Å². The Hall–Kier alpha value is -0.840. The number of piperidine rings is 1. The van der Waals surface area contributed by atoms with Crippen molar-refractivity contribution in [3.63, 3.8) is 0 Å². The predicted octanol–water partition coefficient (Wildman–Crippen LogP) is 1.42. The third kappa shape index (κ3) is 3.34. The molecule has 1 atom stereocenters. The summed E-state index contributed by atoms with van der Waals surface area (Å²) in [5.74, 6) is 0. The van der Waals surface area contributed by atoms with E-state index in [-0.39, 0.29) is 12.0 Å². The van der Waals surface area contributed by atoms with Crippen LogP contribution in [0.1, 0.15) is 18.4 Å². The van der Waals surface area contributed by atoms with E-state index < -0.39 is 0 Å². The first-order valence-electron chi connectivity index (χ1n) is 6.63. The summed E-state index contributed by atoms with van der Waals surface area (Å²) in [7, 11) is 4.15. The summed E-state index contributed by atoms with van der Waals surface area (Å²) in [5.41, 5.74) is 1.25. The second-order valence-corrected chi connectivity index (χ2v) is 5.84. The molecule has 1 aromatic heterocycles. The fourth-order valence-electron chi connectivity index (χ4n) is 3.06. The van der Waals surface area contributed by atoms with Gasteiger partial charge in [0.2, 0.25) is 0 Å². The lowest BCUT2D eigenvalue weighted by Crippen LogP contribution is -2.49. The number of aliphatic hydroxyl groups is 1. The van der Waals surface area contributed by atoms with E-state index in [9.17, 15) is 5.11 Å². The van der Waals surface area contributed by atoms with Gasteiger partial charge in [0.1, 0.15) is 0 Å². The third-order valence-corrected chi connectivity index (χ3v) is 3.71. The molecule has 1 saturated heterocycles. The van der Waals surface area contributed by atoms with E-state index in [1.54, 1.807) is 12.5 Å². The molecule has 18 heavy (non-hydrogen) atoms. The molecule has 1 N–H and O–H groups in total. The molecule has 1 aliphatic heterocycles. The molecule has 1 aliphatic rings. The number of furan rings is 1. The van der Waals surface area contributed by atoms with Crippen LogP contribution in [0.4, 0.5) is 0 Å². The summed E-state index contributed by atoms with van der Waals surface area (Å²) in [5, 5.41) is 9.76. The predicted molar refractivity (Wildman–Crippen MR) is 71.3 cm³/mol. The highest BCUT2D eigenvalue weighted by Crippen LogP contribution is 2.31. The molecule has 1 fully saturated rings. The quantitative estimate of drug-likeness (QED) is 0.860. The molecule has 0 aliphatic carbocycles. The van der Waals surface area contributed by atoms with Crippen molar-refractivity contribution in [1.29, 1.82) is 0 Å².